The molecule has 212 valence electrons. The molecule has 1 aliphatic heterocycles. The van der Waals surface area contributed by atoms with E-state index in [1.54, 1.807) is 37.6 Å². The number of methoxy groups -OCH3 is 1. The van der Waals surface area contributed by atoms with Crippen LogP contribution in [-0.4, -0.2) is 47.7 Å². The van der Waals surface area contributed by atoms with Crippen LogP contribution >= 0.6 is 0 Å². The van der Waals surface area contributed by atoms with Gasteiger partial charge in [0.25, 0.3) is 0 Å². The minimum absolute atomic E-state index is 0.00742. The van der Waals surface area contributed by atoms with E-state index < -0.39 is 23.9 Å². The second-order valence-electron chi connectivity index (χ2n) is 10.1. The largest absolute Gasteiger partial charge is 0.497 e. The van der Waals surface area contributed by atoms with E-state index in [1.165, 1.54) is 18.2 Å². The van der Waals surface area contributed by atoms with Crippen LogP contribution < -0.4 is 4.74 Å². The molecule has 0 radical (unpaired) electrons. The van der Waals surface area contributed by atoms with Crippen LogP contribution in [0.25, 0.3) is 10.9 Å². The molecule has 1 aliphatic rings. The number of nitrogens with zero attached hydrogens (tertiary/aromatic N) is 2. The first-order valence-corrected chi connectivity index (χ1v) is 13.3. The number of hydrogen-bond acceptors (Lipinski definition) is 4. The van der Waals surface area contributed by atoms with Gasteiger partial charge in [-0.25, -0.2) is 4.39 Å². The van der Waals surface area contributed by atoms with Crippen LogP contribution in [0.2, 0.25) is 0 Å². The van der Waals surface area contributed by atoms with Crippen LogP contribution in [-0.2, 0) is 11.0 Å². The zero-order chi connectivity index (χ0) is 28.7. The van der Waals surface area contributed by atoms with Crippen LogP contribution in [0.3, 0.4) is 0 Å². The molecule has 1 saturated heterocycles. The van der Waals surface area contributed by atoms with Gasteiger partial charge in [-0.05, 0) is 86.0 Å². The second kappa shape index (κ2) is 13.1. The van der Waals surface area contributed by atoms with Crippen molar-refractivity contribution in [1.82, 2.24) is 9.88 Å². The lowest BCUT2D eigenvalue weighted by Crippen LogP contribution is -2.41. The summed E-state index contributed by atoms with van der Waals surface area (Å²) in [5.41, 5.74) is 0.412. The predicted octanol–water partition coefficient (Wildman–Crippen LogP) is 6.91. The van der Waals surface area contributed by atoms with Crippen LogP contribution in [0, 0.1) is 23.7 Å². The number of aliphatic carboxylic acids is 1. The van der Waals surface area contributed by atoms with Gasteiger partial charge < -0.3 is 9.84 Å². The molecule has 0 saturated carbocycles. The molecule has 1 fully saturated rings. The van der Waals surface area contributed by atoms with Gasteiger partial charge in [0.2, 0.25) is 0 Å². The smallest absolute Gasteiger partial charge is 0.417 e. The van der Waals surface area contributed by atoms with Gasteiger partial charge in [-0.2, -0.15) is 13.2 Å². The number of rotatable bonds is 9. The molecule has 40 heavy (non-hydrogen) atoms. The van der Waals surface area contributed by atoms with E-state index in [4.69, 9.17) is 4.74 Å². The number of carboxylic acid groups (broad SMARTS) is 1. The third-order valence-electron chi connectivity index (χ3n) is 7.57. The van der Waals surface area contributed by atoms with Crippen molar-refractivity contribution in [3.63, 3.8) is 0 Å². The first kappa shape index (κ1) is 29.3. The number of hydrogen-bond donors (Lipinski definition) is 1. The van der Waals surface area contributed by atoms with Crippen molar-refractivity contribution in [1.29, 1.82) is 0 Å². The molecule has 4 rings (SSSR count). The fourth-order valence-corrected chi connectivity index (χ4v) is 5.46. The minimum Gasteiger partial charge on any atom is -0.497 e. The van der Waals surface area contributed by atoms with Crippen LogP contribution in [0.1, 0.15) is 55.0 Å². The van der Waals surface area contributed by atoms with Gasteiger partial charge in [0.05, 0.1) is 24.7 Å². The molecule has 3 aromatic rings. The summed E-state index contributed by atoms with van der Waals surface area (Å²) in [6, 6.07) is 12.3. The molecule has 9 heteroatoms. The van der Waals surface area contributed by atoms with Crippen molar-refractivity contribution < 1.29 is 32.2 Å². The molecule has 3 atom stereocenters. The van der Waals surface area contributed by atoms with Crippen molar-refractivity contribution in [3.8, 4) is 17.6 Å². The molecule has 2 aromatic carbocycles. The fraction of sp³-hybridized carbons (Fsp3) is 0.419. The molecule has 0 bridgehead atoms. The summed E-state index contributed by atoms with van der Waals surface area (Å²) in [6.45, 7) is 1.51. The zero-order valence-electron chi connectivity index (χ0n) is 22.3. The number of aromatic nitrogens is 1. The first-order valence-electron chi connectivity index (χ1n) is 13.3. The number of halogens is 4. The maximum absolute atomic E-state index is 15.5. The molecule has 2 heterocycles. The standard InChI is InChI=1S/C31H32F4N2O3/c1-40-24-10-12-29-26(19-24)25(14-16-36-29)28(32)11-8-21-15-18-37(20-23(21)9-13-30(38)39)17-4-6-22-5-2-3-7-27(22)31(33,34)35/h2-3,5,7,10,12,14,16,19,21,23,28H,8-9,11,13,15,17-18,20H2,1H3,(H,38,39)/t21?,23?,28-/m0/s1. The van der Waals surface area contributed by atoms with E-state index in [9.17, 15) is 23.1 Å². The number of likely N-dealkylation sites (tertiary alicyclic amines) is 1. The summed E-state index contributed by atoms with van der Waals surface area (Å²) in [4.78, 5) is 17.7. The monoisotopic (exact) mass is 556 g/mol. The minimum atomic E-state index is -4.48. The Labute approximate surface area is 231 Å². The molecule has 0 aliphatic carbocycles. The van der Waals surface area contributed by atoms with Gasteiger partial charge in [-0.1, -0.05) is 24.0 Å². The number of piperidine rings is 1. The highest BCUT2D eigenvalue weighted by atomic mass is 19.4. The summed E-state index contributed by atoms with van der Waals surface area (Å²) in [5.74, 6) is 5.42. The highest BCUT2D eigenvalue weighted by molar-refractivity contribution is 5.83. The Balaban J connectivity index is 1.41. The normalized spacial score (nSPS) is 18.6. The van der Waals surface area contributed by atoms with E-state index in [0.717, 1.165) is 12.5 Å². The lowest BCUT2D eigenvalue weighted by Gasteiger charge is -2.38. The average molecular weight is 557 g/mol. The third-order valence-corrected chi connectivity index (χ3v) is 7.57. The van der Waals surface area contributed by atoms with E-state index in [1.807, 2.05) is 4.90 Å². The second-order valence-corrected chi connectivity index (χ2v) is 10.1. The Kier molecular flexibility index (Phi) is 9.64. The topological polar surface area (TPSA) is 62.7 Å². The Hall–Kier alpha value is -3.64. The van der Waals surface area contributed by atoms with E-state index >= 15 is 4.39 Å². The number of alkyl halides is 4. The first-order chi connectivity index (χ1) is 19.2. The van der Waals surface area contributed by atoms with Crippen LogP contribution in [0.15, 0.2) is 54.7 Å². The summed E-state index contributed by atoms with van der Waals surface area (Å²) >= 11 is 0. The van der Waals surface area contributed by atoms with Gasteiger partial charge in [0.1, 0.15) is 11.9 Å². The van der Waals surface area contributed by atoms with Gasteiger partial charge in [0, 0.05) is 30.1 Å². The molecular formula is C31H32F4N2O3. The van der Waals surface area contributed by atoms with Gasteiger partial charge in [-0.3, -0.25) is 14.7 Å². The van der Waals surface area contributed by atoms with Gasteiger partial charge in [0.15, 0.2) is 0 Å². The molecule has 1 aromatic heterocycles. The van der Waals surface area contributed by atoms with Crippen LogP contribution in [0.4, 0.5) is 17.6 Å². The Morgan fingerprint density at radius 2 is 1.98 bits per heavy atom. The van der Waals surface area contributed by atoms with Crippen molar-refractivity contribution in [2.24, 2.45) is 11.8 Å². The highest BCUT2D eigenvalue weighted by Gasteiger charge is 2.33. The molecule has 1 N–H and O–H groups in total. The summed E-state index contributed by atoms with van der Waals surface area (Å²) in [7, 11) is 1.56. The van der Waals surface area contributed by atoms with Gasteiger partial charge >= 0.3 is 12.1 Å². The highest BCUT2D eigenvalue weighted by Crippen LogP contribution is 2.37. The number of ether oxygens (including phenoxy) is 1. The molecule has 0 spiro atoms. The summed E-state index contributed by atoms with van der Waals surface area (Å²) in [6.07, 6.45) is -2.01. The quantitative estimate of drug-likeness (QED) is 0.229. The molecule has 0 amide bonds. The van der Waals surface area contributed by atoms with Crippen LogP contribution in [0.5, 0.6) is 5.75 Å². The van der Waals surface area contributed by atoms with Crippen molar-refractivity contribution in [3.05, 3.63) is 71.4 Å². The predicted molar refractivity (Wildman–Crippen MR) is 145 cm³/mol. The lowest BCUT2D eigenvalue weighted by molar-refractivity contribution is -0.138. The molecular weight excluding hydrogens is 524 g/mol. The Bertz CT molecular complexity index is 1380. The number of pyridine rings is 1. The Morgan fingerprint density at radius 1 is 1.18 bits per heavy atom. The van der Waals surface area contributed by atoms with Gasteiger partial charge in [-0.15, -0.1) is 0 Å². The summed E-state index contributed by atoms with van der Waals surface area (Å²) in [5, 5.41) is 9.97. The zero-order valence-corrected chi connectivity index (χ0v) is 22.3. The fourth-order valence-electron chi connectivity index (χ4n) is 5.46. The van der Waals surface area contributed by atoms with Crippen molar-refractivity contribution in [2.75, 3.05) is 26.7 Å². The van der Waals surface area contributed by atoms with Crippen molar-refractivity contribution in [2.45, 2.75) is 44.5 Å². The molecule has 2 unspecified atom stereocenters. The van der Waals surface area contributed by atoms with E-state index in [2.05, 4.69) is 16.8 Å². The average Bonchev–Trinajstić information content (AvgIpc) is 2.94. The Morgan fingerprint density at radius 3 is 2.73 bits per heavy atom. The van der Waals surface area contributed by atoms with Crippen molar-refractivity contribution >= 4 is 16.9 Å². The number of carbonyl (C=O) groups is 1. The SMILES string of the molecule is COc1ccc2nccc([C@@H](F)CCC3CCN(CC#Cc4ccccc4C(F)(F)F)CC3CCC(=O)O)c2c1. The maximum Gasteiger partial charge on any atom is 0.417 e. The maximum atomic E-state index is 15.5. The third kappa shape index (κ3) is 7.51. The number of carboxylic acids is 1. The lowest BCUT2D eigenvalue weighted by atomic mass is 9.79. The van der Waals surface area contributed by atoms with E-state index in [0.29, 0.717) is 54.6 Å². The number of benzene rings is 2. The number of fused-ring (bicyclic) bond motifs is 1. The molecule has 5 nitrogen and oxygen atoms in total. The summed E-state index contributed by atoms with van der Waals surface area (Å²) < 4.78 is 60.6. The van der Waals surface area contributed by atoms with E-state index in [-0.39, 0.29) is 30.4 Å².